The first-order valence-electron chi connectivity index (χ1n) is 6.24. The van der Waals surface area contributed by atoms with Crippen molar-refractivity contribution in [3.8, 4) is 0 Å². The van der Waals surface area contributed by atoms with E-state index in [0.717, 1.165) is 0 Å². The highest BCUT2D eigenvalue weighted by Gasteiger charge is 2.59. The van der Waals surface area contributed by atoms with Crippen LogP contribution in [0.3, 0.4) is 0 Å². The molecule has 4 rings (SSSR count). The SMILES string of the molecule is CC(C)O[C@@H]1O[C@H]2OC[C@@H]1[C@@H]1OC(C)(C)O[C@H]21. The van der Waals surface area contributed by atoms with Crippen molar-refractivity contribution in [3.63, 3.8) is 0 Å². The Morgan fingerprint density at radius 2 is 1.88 bits per heavy atom. The standard InChI is InChI=1S/C12H20O5/c1-6(2)14-10-7-5-13-11(15-10)9-8(7)16-12(3,4)17-9/h6-11H,5H2,1-4H3/t7-,8+,9+,10-,11-/m1/s1. The van der Waals surface area contributed by atoms with Crippen LogP contribution in [0.4, 0.5) is 0 Å². The third-order valence-electron chi connectivity index (χ3n) is 3.33. The van der Waals surface area contributed by atoms with E-state index < -0.39 is 5.79 Å². The van der Waals surface area contributed by atoms with Crippen molar-refractivity contribution in [1.29, 1.82) is 0 Å². The zero-order chi connectivity index (χ0) is 12.2. The Morgan fingerprint density at radius 1 is 1.18 bits per heavy atom. The maximum atomic E-state index is 5.94. The van der Waals surface area contributed by atoms with Crippen LogP contribution in [-0.4, -0.2) is 43.3 Å². The van der Waals surface area contributed by atoms with Gasteiger partial charge in [0.15, 0.2) is 18.4 Å². The van der Waals surface area contributed by atoms with E-state index >= 15 is 0 Å². The van der Waals surface area contributed by atoms with Gasteiger partial charge in [0.25, 0.3) is 0 Å². The summed E-state index contributed by atoms with van der Waals surface area (Å²) in [4.78, 5) is 0. The van der Waals surface area contributed by atoms with Crippen molar-refractivity contribution in [2.75, 3.05) is 6.61 Å². The summed E-state index contributed by atoms with van der Waals surface area (Å²) in [5.41, 5.74) is 0. The molecule has 17 heavy (non-hydrogen) atoms. The van der Waals surface area contributed by atoms with Gasteiger partial charge < -0.3 is 23.7 Å². The molecule has 0 unspecified atom stereocenters. The molecule has 0 spiro atoms. The third kappa shape index (κ3) is 2.00. The third-order valence-corrected chi connectivity index (χ3v) is 3.33. The van der Waals surface area contributed by atoms with Crippen LogP contribution >= 0.6 is 0 Å². The van der Waals surface area contributed by atoms with Crippen LogP contribution < -0.4 is 0 Å². The van der Waals surface area contributed by atoms with Crippen LogP contribution in [0, 0.1) is 5.92 Å². The van der Waals surface area contributed by atoms with E-state index in [0.29, 0.717) is 6.61 Å². The lowest BCUT2D eigenvalue weighted by atomic mass is 9.92. The minimum Gasteiger partial charge on any atom is -0.349 e. The fourth-order valence-electron chi connectivity index (χ4n) is 2.74. The predicted molar refractivity (Wildman–Crippen MR) is 58.1 cm³/mol. The Labute approximate surface area is 101 Å². The minimum atomic E-state index is -0.560. The molecule has 4 fully saturated rings. The van der Waals surface area contributed by atoms with Crippen LogP contribution in [0.1, 0.15) is 27.7 Å². The van der Waals surface area contributed by atoms with Crippen molar-refractivity contribution >= 4 is 0 Å². The minimum absolute atomic E-state index is 0.0150. The normalized spacial score (nSPS) is 47.5. The first-order valence-corrected chi connectivity index (χ1v) is 6.24. The summed E-state index contributed by atoms with van der Waals surface area (Å²) < 4.78 is 28.9. The summed E-state index contributed by atoms with van der Waals surface area (Å²) in [6.07, 6.45) is -0.590. The molecule has 4 aliphatic heterocycles. The number of hydrogen-bond donors (Lipinski definition) is 0. The van der Waals surface area contributed by atoms with E-state index in [1.807, 2.05) is 27.7 Å². The second-order valence-corrected chi connectivity index (χ2v) is 5.62. The average molecular weight is 244 g/mol. The molecule has 98 valence electrons. The Bertz CT molecular complexity index is 303. The molecule has 5 atom stereocenters. The molecule has 0 aromatic heterocycles. The maximum absolute atomic E-state index is 5.94. The predicted octanol–water partition coefficient (Wildman–Crippen LogP) is 1.26. The highest BCUT2D eigenvalue weighted by atomic mass is 16.8. The lowest BCUT2D eigenvalue weighted by Crippen LogP contribution is -2.61. The van der Waals surface area contributed by atoms with E-state index in [2.05, 4.69) is 0 Å². The van der Waals surface area contributed by atoms with Crippen LogP contribution in [-0.2, 0) is 23.7 Å². The zero-order valence-electron chi connectivity index (χ0n) is 10.7. The van der Waals surface area contributed by atoms with Crippen molar-refractivity contribution in [2.24, 2.45) is 5.92 Å². The molecule has 0 amide bonds. The van der Waals surface area contributed by atoms with E-state index in [-0.39, 0.29) is 36.8 Å². The summed E-state index contributed by atoms with van der Waals surface area (Å²) >= 11 is 0. The quantitative estimate of drug-likeness (QED) is 0.731. The average Bonchev–Trinajstić information content (AvgIpc) is 2.54. The maximum Gasteiger partial charge on any atom is 0.189 e. The molecule has 4 saturated heterocycles. The Morgan fingerprint density at radius 3 is 2.59 bits per heavy atom. The largest absolute Gasteiger partial charge is 0.349 e. The zero-order valence-corrected chi connectivity index (χ0v) is 10.7. The molecule has 4 heterocycles. The van der Waals surface area contributed by atoms with Gasteiger partial charge in [0.05, 0.1) is 18.6 Å². The molecule has 5 heteroatoms. The van der Waals surface area contributed by atoms with Gasteiger partial charge in [-0.1, -0.05) is 0 Å². The summed E-state index contributed by atoms with van der Waals surface area (Å²) in [7, 11) is 0. The van der Waals surface area contributed by atoms with Crippen molar-refractivity contribution in [1.82, 2.24) is 0 Å². The topological polar surface area (TPSA) is 46.2 Å². The van der Waals surface area contributed by atoms with Gasteiger partial charge in [0.2, 0.25) is 0 Å². The number of ether oxygens (including phenoxy) is 5. The number of rotatable bonds is 2. The van der Waals surface area contributed by atoms with Crippen molar-refractivity contribution in [3.05, 3.63) is 0 Å². The molecular formula is C12H20O5. The summed E-state index contributed by atoms with van der Waals surface area (Å²) in [6, 6.07) is 0. The molecule has 0 aromatic rings. The molecule has 0 N–H and O–H groups in total. The summed E-state index contributed by atoms with van der Waals surface area (Å²) in [6.45, 7) is 8.45. The van der Waals surface area contributed by atoms with Gasteiger partial charge in [0.1, 0.15) is 12.2 Å². The van der Waals surface area contributed by atoms with Gasteiger partial charge in [-0.2, -0.15) is 0 Å². The van der Waals surface area contributed by atoms with Crippen LogP contribution in [0.5, 0.6) is 0 Å². The van der Waals surface area contributed by atoms with E-state index in [9.17, 15) is 0 Å². The Hall–Kier alpha value is -0.200. The lowest BCUT2D eigenvalue weighted by Gasteiger charge is -2.47. The number of hydrogen-bond acceptors (Lipinski definition) is 5. The van der Waals surface area contributed by atoms with Crippen LogP contribution in [0.25, 0.3) is 0 Å². The summed E-state index contributed by atoms with van der Waals surface area (Å²) in [5, 5.41) is 0. The van der Waals surface area contributed by atoms with Gasteiger partial charge in [-0.15, -0.1) is 0 Å². The first kappa shape index (κ1) is 11.9. The molecule has 0 aliphatic carbocycles. The summed E-state index contributed by atoms with van der Waals surface area (Å²) in [5.74, 6) is -0.468. The second-order valence-electron chi connectivity index (χ2n) is 5.62. The fourth-order valence-corrected chi connectivity index (χ4v) is 2.74. The van der Waals surface area contributed by atoms with Crippen LogP contribution in [0.2, 0.25) is 0 Å². The fraction of sp³-hybridized carbons (Fsp3) is 1.00. The monoisotopic (exact) mass is 244 g/mol. The van der Waals surface area contributed by atoms with Gasteiger partial charge in [-0.3, -0.25) is 0 Å². The van der Waals surface area contributed by atoms with Crippen LogP contribution in [0.15, 0.2) is 0 Å². The molecule has 5 nitrogen and oxygen atoms in total. The number of fused-ring (bicyclic) bond motifs is 2. The van der Waals surface area contributed by atoms with Crippen molar-refractivity contribution < 1.29 is 23.7 Å². The molecular weight excluding hydrogens is 224 g/mol. The van der Waals surface area contributed by atoms with Gasteiger partial charge in [-0.25, -0.2) is 0 Å². The van der Waals surface area contributed by atoms with E-state index in [1.165, 1.54) is 0 Å². The smallest absolute Gasteiger partial charge is 0.189 e. The van der Waals surface area contributed by atoms with Gasteiger partial charge in [0, 0.05) is 0 Å². The lowest BCUT2D eigenvalue weighted by molar-refractivity contribution is -0.376. The first-order chi connectivity index (χ1) is 7.96. The van der Waals surface area contributed by atoms with Gasteiger partial charge in [-0.05, 0) is 27.7 Å². The van der Waals surface area contributed by atoms with Crippen molar-refractivity contribution in [2.45, 2.75) is 64.4 Å². The van der Waals surface area contributed by atoms with Gasteiger partial charge >= 0.3 is 0 Å². The molecule has 0 radical (unpaired) electrons. The highest BCUT2D eigenvalue weighted by molar-refractivity contribution is 4.97. The Kier molecular flexibility index (Phi) is 2.72. The molecule has 4 aliphatic rings. The molecule has 0 aromatic carbocycles. The van der Waals surface area contributed by atoms with E-state index in [1.54, 1.807) is 0 Å². The Balaban J connectivity index is 1.77. The molecule has 2 bridgehead atoms. The highest BCUT2D eigenvalue weighted by Crippen LogP contribution is 2.44. The van der Waals surface area contributed by atoms with E-state index in [4.69, 9.17) is 23.7 Å². The second kappa shape index (κ2) is 3.90. The molecule has 0 saturated carbocycles.